The first-order chi connectivity index (χ1) is 18.6. The first-order valence-electron chi connectivity index (χ1n) is 12.4. The average molecular weight is 547 g/mol. The second-order valence-electron chi connectivity index (χ2n) is 9.02. The predicted molar refractivity (Wildman–Crippen MR) is 151 cm³/mol. The molecule has 0 aliphatic carbocycles. The lowest BCUT2D eigenvalue weighted by Crippen LogP contribution is -2.36. The van der Waals surface area contributed by atoms with Gasteiger partial charge in [0.05, 0.1) is 17.2 Å². The van der Waals surface area contributed by atoms with Crippen molar-refractivity contribution in [2.45, 2.75) is 24.7 Å². The Labute approximate surface area is 227 Å². The predicted octanol–water partition coefficient (Wildman–Crippen LogP) is 4.04. The lowest BCUT2D eigenvalue weighted by atomic mass is 10.0. The highest BCUT2D eigenvalue weighted by Crippen LogP contribution is 2.30. The van der Waals surface area contributed by atoms with E-state index >= 15 is 0 Å². The third-order valence-corrected chi connectivity index (χ3v) is 8.16. The molecule has 0 saturated carbocycles. The summed E-state index contributed by atoms with van der Waals surface area (Å²) in [4.78, 5) is 25.8. The fourth-order valence-electron chi connectivity index (χ4n) is 4.36. The highest BCUT2D eigenvalue weighted by Gasteiger charge is 2.28. The number of amidine groups is 1. The summed E-state index contributed by atoms with van der Waals surface area (Å²) in [6.07, 6.45) is 2.46. The third kappa shape index (κ3) is 6.01. The van der Waals surface area contributed by atoms with E-state index in [4.69, 9.17) is 15.9 Å². The summed E-state index contributed by atoms with van der Waals surface area (Å²) >= 11 is 0. The molecule has 1 heterocycles. The SMILES string of the molecule is CCOC(=O)CN(c1ccc2c(c1)c(C(=O)CCc1ccc(C(=N)N)cc1)cn2C)S(=O)(=O)c1ccccc1. The van der Waals surface area contributed by atoms with E-state index in [0.717, 1.165) is 15.4 Å². The van der Waals surface area contributed by atoms with E-state index in [1.54, 1.807) is 61.7 Å². The van der Waals surface area contributed by atoms with Crippen LogP contribution in [0.2, 0.25) is 0 Å². The minimum absolute atomic E-state index is 0.0181. The minimum Gasteiger partial charge on any atom is -0.465 e. The third-order valence-electron chi connectivity index (χ3n) is 6.38. The van der Waals surface area contributed by atoms with Gasteiger partial charge in [0.15, 0.2) is 5.78 Å². The van der Waals surface area contributed by atoms with Crippen LogP contribution in [0.15, 0.2) is 83.9 Å². The molecular weight excluding hydrogens is 516 g/mol. The first kappa shape index (κ1) is 27.6. The fraction of sp³-hybridized carbons (Fsp3) is 0.207. The highest BCUT2D eigenvalue weighted by molar-refractivity contribution is 7.92. The van der Waals surface area contributed by atoms with Crippen LogP contribution in [-0.4, -0.2) is 43.7 Å². The summed E-state index contributed by atoms with van der Waals surface area (Å²) in [7, 11) is -2.29. The van der Waals surface area contributed by atoms with Crippen LogP contribution < -0.4 is 10.0 Å². The van der Waals surface area contributed by atoms with Gasteiger partial charge in [-0.25, -0.2) is 8.42 Å². The first-order valence-corrected chi connectivity index (χ1v) is 13.8. The number of aryl methyl sites for hydroxylation is 2. The average Bonchev–Trinajstić information content (AvgIpc) is 3.26. The van der Waals surface area contributed by atoms with Gasteiger partial charge in [-0.15, -0.1) is 0 Å². The number of nitrogens with zero attached hydrogens (tertiary/aromatic N) is 2. The molecule has 0 spiro atoms. The van der Waals surface area contributed by atoms with Crippen molar-refractivity contribution in [2.24, 2.45) is 12.8 Å². The number of carbonyl (C=O) groups excluding carboxylic acids is 2. The van der Waals surface area contributed by atoms with Gasteiger partial charge in [-0.05, 0) is 49.2 Å². The van der Waals surface area contributed by atoms with Crippen molar-refractivity contribution in [1.82, 2.24) is 4.57 Å². The number of hydrogen-bond acceptors (Lipinski definition) is 6. The number of nitrogens with one attached hydrogen (secondary N) is 1. The molecule has 0 bridgehead atoms. The molecule has 9 nitrogen and oxygen atoms in total. The summed E-state index contributed by atoms with van der Waals surface area (Å²) in [5.74, 6) is -0.802. The Bertz CT molecular complexity index is 1630. The monoisotopic (exact) mass is 546 g/mol. The normalized spacial score (nSPS) is 11.3. The summed E-state index contributed by atoms with van der Waals surface area (Å²) in [5.41, 5.74) is 8.52. The maximum atomic E-state index is 13.6. The topological polar surface area (TPSA) is 136 Å². The Kier molecular flexibility index (Phi) is 8.15. The van der Waals surface area contributed by atoms with Gasteiger partial charge in [-0.1, -0.05) is 42.5 Å². The number of carbonyl (C=O) groups is 2. The van der Waals surface area contributed by atoms with E-state index in [1.807, 2.05) is 23.7 Å². The van der Waals surface area contributed by atoms with Gasteiger partial charge >= 0.3 is 5.97 Å². The Balaban J connectivity index is 1.68. The number of rotatable bonds is 11. The smallest absolute Gasteiger partial charge is 0.326 e. The number of Topliss-reactive ketones (excluding diaryl/α,β-unsaturated/α-hetero) is 1. The second-order valence-corrected chi connectivity index (χ2v) is 10.9. The number of nitrogens with two attached hydrogens (primary N) is 1. The zero-order valence-corrected chi connectivity index (χ0v) is 22.6. The number of benzene rings is 3. The van der Waals surface area contributed by atoms with E-state index in [0.29, 0.717) is 22.9 Å². The highest BCUT2D eigenvalue weighted by atomic mass is 32.2. The quantitative estimate of drug-likeness (QED) is 0.126. The van der Waals surface area contributed by atoms with Crippen molar-refractivity contribution in [1.29, 1.82) is 5.41 Å². The van der Waals surface area contributed by atoms with E-state index in [9.17, 15) is 18.0 Å². The zero-order chi connectivity index (χ0) is 28.2. The Hall–Kier alpha value is -4.44. The van der Waals surface area contributed by atoms with Crippen LogP contribution in [0.25, 0.3) is 10.9 Å². The van der Waals surface area contributed by atoms with Gasteiger partial charge in [0.25, 0.3) is 10.0 Å². The van der Waals surface area contributed by atoms with Crippen LogP contribution in [0.5, 0.6) is 0 Å². The number of sulfonamides is 1. The van der Waals surface area contributed by atoms with Gasteiger partial charge in [-0.3, -0.25) is 19.3 Å². The van der Waals surface area contributed by atoms with E-state index in [-0.39, 0.29) is 35.2 Å². The number of ether oxygens (including phenoxy) is 1. The van der Waals surface area contributed by atoms with Gasteiger partial charge < -0.3 is 15.0 Å². The molecule has 0 amide bonds. The molecule has 0 radical (unpaired) electrons. The van der Waals surface area contributed by atoms with Gasteiger partial charge in [0, 0.05) is 41.7 Å². The molecule has 39 heavy (non-hydrogen) atoms. The lowest BCUT2D eigenvalue weighted by Gasteiger charge is -2.24. The number of esters is 1. The Morgan fingerprint density at radius 1 is 1.03 bits per heavy atom. The Morgan fingerprint density at radius 2 is 1.72 bits per heavy atom. The van der Waals surface area contributed by atoms with E-state index < -0.39 is 22.5 Å². The van der Waals surface area contributed by atoms with Crippen LogP contribution >= 0.6 is 0 Å². The molecule has 4 rings (SSSR count). The van der Waals surface area contributed by atoms with E-state index in [2.05, 4.69) is 0 Å². The van der Waals surface area contributed by atoms with Gasteiger partial charge in [0.2, 0.25) is 0 Å². The van der Waals surface area contributed by atoms with Crippen molar-refractivity contribution in [3.05, 3.63) is 95.7 Å². The summed E-state index contributed by atoms with van der Waals surface area (Å²) in [6.45, 7) is 1.26. The molecular formula is C29H30N4O5S. The molecule has 3 N–H and O–H groups in total. The summed E-state index contributed by atoms with van der Waals surface area (Å²) in [5, 5.41) is 8.10. The number of ketones is 1. The van der Waals surface area contributed by atoms with Gasteiger partial charge in [0.1, 0.15) is 12.4 Å². The van der Waals surface area contributed by atoms with Crippen LogP contribution in [0.4, 0.5) is 5.69 Å². The summed E-state index contributed by atoms with van der Waals surface area (Å²) < 4.78 is 35.0. The number of hydrogen-bond donors (Lipinski definition) is 2. The molecule has 4 aromatic rings. The molecule has 202 valence electrons. The standard InChI is InChI=1S/C29H30N4O5S/c1-3-38-28(35)19-33(39(36,37)23-7-5-4-6-8-23)22-14-15-26-24(17-22)25(18-32(26)2)27(34)16-11-20-9-12-21(13-10-20)29(30)31/h4-10,12-15,17-18H,3,11,16,19H2,1-2H3,(H3,30,31). The molecule has 3 aromatic carbocycles. The molecule has 1 aromatic heterocycles. The van der Waals surface area contributed by atoms with Crippen molar-refractivity contribution in [3.63, 3.8) is 0 Å². The molecule has 0 aliphatic heterocycles. The van der Waals surface area contributed by atoms with Crippen LogP contribution in [-0.2, 0) is 33.0 Å². The molecule has 0 aliphatic rings. The van der Waals surface area contributed by atoms with E-state index in [1.165, 1.54) is 12.1 Å². The zero-order valence-electron chi connectivity index (χ0n) is 21.8. The number of aromatic nitrogens is 1. The molecule has 10 heteroatoms. The largest absolute Gasteiger partial charge is 0.465 e. The minimum atomic E-state index is -4.10. The van der Waals surface area contributed by atoms with Crippen molar-refractivity contribution < 1.29 is 22.7 Å². The Morgan fingerprint density at radius 3 is 2.36 bits per heavy atom. The lowest BCUT2D eigenvalue weighted by molar-refractivity contribution is -0.141. The second kappa shape index (κ2) is 11.5. The van der Waals surface area contributed by atoms with Gasteiger partial charge in [-0.2, -0.15) is 0 Å². The molecule has 0 fully saturated rings. The van der Waals surface area contributed by atoms with Crippen LogP contribution in [0.1, 0.15) is 34.8 Å². The molecule has 0 unspecified atom stereocenters. The fourth-order valence-corrected chi connectivity index (χ4v) is 5.78. The van der Waals surface area contributed by atoms with Crippen molar-refractivity contribution in [2.75, 3.05) is 17.5 Å². The number of anilines is 1. The number of fused-ring (bicyclic) bond motifs is 1. The summed E-state index contributed by atoms with van der Waals surface area (Å²) in [6, 6.07) is 20.0. The molecule has 0 atom stereocenters. The number of nitrogen functional groups attached to an aromatic ring is 1. The maximum absolute atomic E-state index is 13.6. The van der Waals surface area contributed by atoms with Crippen molar-refractivity contribution in [3.8, 4) is 0 Å². The maximum Gasteiger partial charge on any atom is 0.326 e. The van der Waals surface area contributed by atoms with Crippen LogP contribution in [0.3, 0.4) is 0 Å². The van der Waals surface area contributed by atoms with Crippen molar-refractivity contribution >= 4 is 44.2 Å². The van der Waals surface area contributed by atoms with Crippen LogP contribution in [0, 0.1) is 5.41 Å². The molecule has 0 saturated heterocycles.